The van der Waals surface area contributed by atoms with Crippen LogP contribution < -0.4 is 10.6 Å². The molecule has 0 saturated carbocycles. The minimum Gasteiger partial charge on any atom is -0.352 e. The van der Waals surface area contributed by atoms with Gasteiger partial charge in [0.15, 0.2) is 0 Å². The largest absolute Gasteiger partial charge is 0.352 e. The van der Waals surface area contributed by atoms with E-state index in [2.05, 4.69) is 20.6 Å². The predicted molar refractivity (Wildman–Crippen MR) is 133 cm³/mol. The summed E-state index contributed by atoms with van der Waals surface area (Å²) in [6.07, 6.45) is 3.13. The van der Waals surface area contributed by atoms with Gasteiger partial charge in [0.2, 0.25) is 5.95 Å². The first-order valence-electron chi connectivity index (χ1n) is 10.8. The number of fused-ring (bicyclic) bond motifs is 1. The Morgan fingerprint density at radius 3 is 2.66 bits per heavy atom. The molecule has 0 atom stereocenters. The van der Waals surface area contributed by atoms with Crippen molar-refractivity contribution in [3.8, 4) is 10.6 Å². The van der Waals surface area contributed by atoms with Crippen LogP contribution in [0.5, 0.6) is 0 Å². The smallest absolute Gasteiger partial charge is 0.325 e. The lowest BCUT2D eigenvalue weighted by Crippen LogP contribution is -2.46. The van der Waals surface area contributed by atoms with E-state index in [1.54, 1.807) is 62.6 Å². The Hall–Kier alpha value is -3.77. The number of anilines is 1. The quantitative estimate of drug-likeness (QED) is 0.366. The van der Waals surface area contributed by atoms with Crippen molar-refractivity contribution in [2.75, 3.05) is 18.4 Å². The van der Waals surface area contributed by atoms with Crippen LogP contribution in [-0.2, 0) is 14.8 Å². The van der Waals surface area contributed by atoms with Gasteiger partial charge in [-0.25, -0.2) is 18.7 Å². The number of thiophene rings is 1. The van der Waals surface area contributed by atoms with Gasteiger partial charge in [-0.3, -0.25) is 10.1 Å². The predicted octanol–water partition coefficient (Wildman–Crippen LogP) is 3.14. The molecule has 0 unspecified atom stereocenters. The minimum absolute atomic E-state index is 0.203. The van der Waals surface area contributed by atoms with Gasteiger partial charge >= 0.3 is 6.03 Å². The van der Waals surface area contributed by atoms with Crippen LogP contribution in [0.1, 0.15) is 13.8 Å². The summed E-state index contributed by atoms with van der Waals surface area (Å²) in [7, 11) is -3.76. The number of amides is 3. The molecule has 2 N–H and O–H groups in total. The van der Waals surface area contributed by atoms with Crippen LogP contribution in [0.15, 0.2) is 65.1 Å². The summed E-state index contributed by atoms with van der Waals surface area (Å²) in [5.74, 6) is -0.00226. The van der Waals surface area contributed by atoms with E-state index >= 15 is 0 Å². The van der Waals surface area contributed by atoms with Crippen LogP contribution in [0, 0.1) is 0 Å². The fraction of sp³-hybridized carbons (Fsp3) is 0.217. The third kappa shape index (κ3) is 4.04. The molecule has 0 bridgehead atoms. The van der Waals surface area contributed by atoms with Crippen LogP contribution in [-0.4, -0.2) is 57.8 Å². The van der Waals surface area contributed by atoms with Crippen molar-refractivity contribution in [3.05, 3.63) is 60.9 Å². The van der Waals surface area contributed by atoms with Gasteiger partial charge in [0, 0.05) is 30.9 Å². The second-order valence-corrected chi connectivity index (χ2v) is 11.6. The fourth-order valence-electron chi connectivity index (χ4n) is 3.90. The number of hydrogen-bond donors (Lipinski definition) is 2. The summed E-state index contributed by atoms with van der Waals surface area (Å²) < 4.78 is 28.0. The highest BCUT2D eigenvalue weighted by Gasteiger charge is 2.45. The third-order valence-corrected chi connectivity index (χ3v) is 9.15. The zero-order valence-corrected chi connectivity index (χ0v) is 20.6. The summed E-state index contributed by atoms with van der Waals surface area (Å²) in [6, 6.07) is 13.6. The number of nitrogens with one attached hydrogen (secondary N) is 2. The first kappa shape index (κ1) is 23.0. The molecule has 1 aliphatic heterocycles. The molecule has 180 valence electrons. The van der Waals surface area contributed by atoms with Crippen molar-refractivity contribution in [1.82, 2.24) is 24.2 Å². The Balaban J connectivity index is 1.32. The van der Waals surface area contributed by atoms with Crippen molar-refractivity contribution in [2.24, 2.45) is 0 Å². The second-order valence-electron chi connectivity index (χ2n) is 8.46. The van der Waals surface area contributed by atoms with Gasteiger partial charge in [-0.15, -0.1) is 11.3 Å². The highest BCUT2D eigenvalue weighted by molar-refractivity contribution is 7.92. The molecular formula is C23H22N6O4S2. The maximum absolute atomic E-state index is 13.3. The van der Waals surface area contributed by atoms with E-state index in [1.807, 2.05) is 12.1 Å². The van der Waals surface area contributed by atoms with Gasteiger partial charge in [-0.2, -0.15) is 8.42 Å². The number of imide groups is 1. The topological polar surface area (TPSA) is 126 Å². The average Bonchev–Trinajstić information content (AvgIpc) is 3.53. The number of carbonyl (C=O) groups excluding carboxylic acids is 2. The summed E-state index contributed by atoms with van der Waals surface area (Å²) in [5, 5.41) is 6.22. The highest BCUT2D eigenvalue weighted by Crippen LogP contribution is 2.32. The van der Waals surface area contributed by atoms with E-state index in [9.17, 15) is 18.0 Å². The standard InChI is InChI=1S/C23H22N6O4S2/c1-23(2)20(30)27-22(31)28(23)14-12-25-21-24-11-9-16(26-21)18-7-8-19(34-18)35(32,33)29-13-10-15-5-3-4-6-17(15)29/h3-11,13H,12,14H2,1-2H3,(H,24,25,26)(H,27,30,31). The van der Waals surface area contributed by atoms with E-state index in [1.165, 1.54) is 8.87 Å². The van der Waals surface area contributed by atoms with Crippen molar-refractivity contribution >= 4 is 50.1 Å². The summed E-state index contributed by atoms with van der Waals surface area (Å²) in [5.41, 5.74) is 0.263. The molecule has 0 aliphatic carbocycles. The molecule has 4 aromatic rings. The first-order valence-corrected chi connectivity index (χ1v) is 13.1. The number of benzene rings is 1. The van der Waals surface area contributed by atoms with E-state index in [0.717, 1.165) is 16.7 Å². The summed E-state index contributed by atoms with van der Waals surface area (Å²) in [4.78, 5) is 34.7. The number of carbonyl (C=O) groups is 2. The van der Waals surface area contributed by atoms with Crippen molar-refractivity contribution in [2.45, 2.75) is 23.6 Å². The number of rotatable bonds is 7. The maximum Gasteiger partial charge on any atom is 0.325 e. The zero-order valence-electron chi connectivity index (χ0n) is 18.9. The SMILES string of the molecule is CC1(C)C(=O)NC(=O)N1CCNc1nccc(-c2ccc(S(=O)(=O)n3ccc4ccccc43)s2)n1. The molecule has 4 heterocycles. The summed E-state index contributed by atoms with van der Waals surface area (Å²) >= 11 is 1.13. The Morgan fingerprint density at radius 2 is 1.89 bits per heavy atom. The normalized spacial score (nSPS) is 15.5. The molecule has 1 aliphatic rings. The van der Waals surface area contributed by atoms with Gasteiger partial charge in [0.25, 0.3) is 15.9 Å². The maximum atomic E-state index is 13.3. The van der Waals surface area contributed by atoms with Crippen LogP contribution in [0.2, 0.25) is 0 Å². The molecule has 12 heteroatoms. The third-order valence-electron chi connectivity index (χ3n) is 5.88. The van der Waals surface area contributed by atoms with Gasteiger partial charge < -0.3 is 10.2 Å². The van der Waals surface area contributed by atoms with E-state index < -0.39 is 21.6 Å². The lowest BCUT2D eigenvalue weighted by Gasteiger charge is -2.27. The van der Waals surface area contributed by atoms with Crippen LogP contribution in [0.3, 0.4) is 0 Å². The monoisotopic (exact) mass is 510 g/mol. The Labute approximate surface area is 205 Å². The Morgan fingerprint density at radius 1 is 1.09 bits per heavy atom. The van der Waals surface area contributed by atoms with Gasteiger partial charge in [0.05, 0.1) is 16.1 Å². The molecule has 3 amide bonds. The lowest BCUT2D eigenvalue weighted by atomic mass is 10.0. The van der Waals surface area contributed by atoms with Crippen molar-refractivity contribution in [1.29, 1.82) is 0 Å². The van der Waals surface area contributed by atoms with Crippen molar-refractivity contribution < 1.29 is 18.0 Å². The number of urea groups is 1. The van der Waals surface area contributed by atoms with Gasteiger partial charge in [-0.05, 0) is 44.2 Å². The average molecular weight is 511 g/mol. The number of para-hydroxylation sites is 1. The van der Waals surface area contributed by atoms with E-state index in [0.29, 0.717) is 28.6 Å². The molecule has 1 fully saturated rings. The van der Waals surface area contributed by atoms with Crippen LogP contribution in [0.25, 0.3) is 21.5 Å². The molecular weight excluding hydrogens is 488 g/mol. The molecule has 1 aromatic carbocycles. The highest BCUT2D eigenvalue weighted by atomic mass is 32.2. The second kappa shape index (κ2) is 8.47. The minimum atomic E-state index is -3.76. The lowest BCUT2D eigenvalue weighted by molar-refractivity contribution is -0.125. The first-order chi connectivity index (χ1) is 16.7. The number of hydrogen-bond acceptors (Lipinski definition) is 8. The van der Waals surface area contributed by atoms with Crippen LogP contribution in [0.4, 0.5) is 10.7 Å². The van der Waals surface area contributed by atoms with Crippen molar-refractivity contribution in [3.63, 3.8) is 0 Å². The Kier molecular flexibility index (Phi) is 5.56. The number of nitrogens with zero attached hydrogens (tertiary/aromatic N) is 4. The molecule has 1 saturated heterocycles. The molecule has 0 spiro atoms. The molecule has 3 aromatic heterocycles. The Bertz CT molecular complexity index is 1560. The molecule has 0 radical (unpaired) electrons. The molecule has 10 nitrogen and oxygen atoms in total. The van der Waals surface area contributed by atoms with Gasteiger partial charge in [0.1, 0.15) is 9.75 Å². The zero-order chi connectivity index (χ0) is 24.8. The van der Waals surface area contributed by atoms with Crippen LogP contribution >= 0.6 is 11.3 Å². The molecule has 35 heavy (non-hydrogen) atoms. The van der Waals surface area contributed by atoms with Gasteiger partial charge in [-0.1, -0.05) is 18.2 Å². The number of aromatic nitrogens is 3. The van der Waals surface area contributed by atoms with E-state index in [-0.39, 0.29) is 16.7 Å². The van der Waals surface area contributed by atoms with E-state index in [4.69, 9.17) is 0 Å². The summed E-state index contributed by atoms with van der Waals surface area (Å²) in [6.45, 7) is 3.98. The fourth-order valence-corrected chi connectivity index (χ4v) is 6.61. The molecule has 5 rings (SSSR count).